The molecule has 0 bridgehead atoms. The van der Waals surface area contributed by atoms with E-state index in [-0.39, 0.29) is 17.9 Å². The molecule has 5 heteroatoms. The average Bonchev–Trinajstić information content (AvgIpc) is 2.76. The molecule has 1 aliphatic heterocycles. The Kier molecular flexibility index (Phi) is 4.89. The lowest BCUT2D eigenvalue weighted by Gasteiger charge is -2.30. The fourth-order valence-electron chi connectivity index (χ4n) is 2.04. The summed E-state index contributed by atoms with van der Waals surface area (Å²) in [4.78, 5) is 12.5. The third-order valence-electron chi connectivity index (χ3n) is 3.60. The number of carbonyl (C=O) groups excluding carboxylic acids is 1. The summed E-state index contributed by atoms with van der Waals surface area (Å²) in [6.45, 7) is 6.52. The number of ether oxygens (including phenoxy) is 1. The van der Waals surface area contributed by atoms with Crippen LogP contribution in [0.2, 0.25) is 0 Å². The van der Waals surface area contributed by atoms with Crippen molar-refractivity contribution in [1.82, 2.24) is 5.32 Å². The largest absolute Gasteiger partial charge is 0.391 e. The molecule has 0 saturated carbocycles. The zero-order valence-electron chi connectivity index (χ0n) is 10.8. The van der Waals surface area contributed by atoms with Gasteiger partial charge in [0, 0.05) is 6.61 Å². The van der Waals surface area contributed by atoms with Crippen molar-refractivity contribution in [3.05, 3.63) is 0 Å². The van der Waals surface area contributed by atoms with Gasteiger partial charge in [-0.05, 0) is 26.2 Å². The Morgan fingerprint density at radius 3 is 2.71 bits per heavy atom. The summed E-state index contributed by atoms with van der Waals surface area (Å²) in [5, 5.41) is 2.96. The highest BCUT2D eigenvalue weighted by molar-refractivity contribution is 7.80. The topological polar surface area (TPSA) is 64.3 Å². The van der Waals surface area contributed by atoms with Gasteiger partial charge in [-0.15, -0.1) is 0 Å². The molecule has 0 aliphatic carbocycles. The lowest BCUT2D eigenvalue weighted by Crippen LogP contribution is -2.56. The van der Waals surface area contributed by atoms with Gasteiger partial charge in [0.15, 0.2) is 0 Å². The number of carbonyl (C=O) groups is 1. The molecule has 3 atom stereocenters. The van der Waals surface area contributed by atoms with Crippen molar-refractivity contribution < 1.29 is 9.53 Å². The molecule has 1 aliphatic rings. The van der Waals surface area contributed by atoms with Crippen molar-refractivity contribution >= 4 is 23.1 Å². The molecule has 17 heavy (non-hydrogen) atoms. The first-order chi connectivity index (χ1) is 7.94. The van der Waals surface area contributed by atoms with Gasteiger partial charge in [-0.25, -0.2) is 0 Å². The van der Waals surface area contributed by atoms with Crippen molar-refractivity contribution in [2.75, 3.05) is 6.61 Å². The first-order valence-electron chi connectivity index (χ1n) is 6.18. The maximum absolute atomic E-state index is 12.2. The number of hydrogen-bond acceptors (Lipinski definition) is 3. The molecule has 1 fully saturated rings. The maximum atomic E-state index is 12.2. The van der Waals surface area contributed by atoms with E-state index >= 15 is 0 Å². The van der Waals surface area contributed by atoms with Gasteiger partial charge in [0.25, 0.3) is 0 Å². The Morgan fingerprint density at radius 1 is 1.59 bits per heavy atom. The minimum Gasteiger partial charge on any atom is -0.391 e. The number of hydrogen-bond donors (Lipinski definition) is 2. The summed E-state index contributed by atoms with van der Waals surface area (Å²) in [6.07, 6.45) is 2.36. The second-order valence-electron chi connectivity index (χ2n) is 4.75. The molecule has 0 radical (unpaired) electrons. The summed E-state index contributed by atoms with van der Waals surface area (Å²) < 4.78 is 5.52. The molecule has 1 amide bonds. The van der Waals surface area contributed by atoms with Crippen molar-refractivity contribution in [3.8, 4) is 0 Å². The van der Waals surface area contributed by atoms with Crippen LogP contribution in [-0.2, 0) is 9.53 Å². The molecule has 1 rings (SSSR count). The third-order valence-corrected chi connectivity index (χ3v) is 4.05. The first-order valence-corrected chi connectivity index (χ1v) is 6.59. The Bertz CT molecular complexity index is 309. The van der Waals surface area contributed by atoms with Crippen molar-refractivity contribution in [1.29, 1.82) is 0 Å². The van der Waals surface area contributed by atoms with Gasteiger partial charge in [0.1, 0.15) is 0 Å². The van der Waals surface area contributed by atoms with Gasteiger partial charge in [-0.2, -0.15) is 0 Å². The quantitative estimate of drug-likeness (QED) is 0.731. The van der Waals surface area contributed by atoms with Crippen LogP contribution < -0.4 is 11.1 Å². The van der Waals surface area contributed by atoms with Gasteiger partial charge < -0.3 is 15.8 Å². The molecular formula is C12H22N2O2S. The van der Waals surface area contributed by atoms with Crippen molar-refractivity contribution in [2.45, 2.75) is 51.7 Å². The number of amides is 1. The smallest absolute Gasteiger partial charge is 0.226 e. The number of thiocarbonyl (C=S) groups is 1. The standard InChI is InChI=1S/C12H22N2O2S/c1-4-9-8(6-7-16-9)10(15)14-12(3,5-2)11(13)17/h8-9H,4-7H2,1-3H3,(H2,13,17)(H,14,15). The maximum Gasteiger partial charge on any atom is 0.226 e. The van der Waals surface area contributed by atoms with Crippen molar-refractivity contribution in [3.63, 3.8) is 0 Å². The number of nitrogens with one attached hydrogen (secondary N) is 1. The second-order valence-corrected chi connectivity index (χ2v) is 5.19. The fourth-order valence-corrected chi connectivity index (χ4v) is 2.23. The van der Waals surface area contributed by atoms with Gasteiger partial charge in [-0.1, -0.05) is 26.1 Å². The van der Waals surface area contributed by atoms with Crippen LogP contribution in [0.3, 0.4) is 0 Å². The molecule has 98 valence electrons. The van der Waals surface area contributed by atoms with E-state index in [9.17, 15) is 4.79 Å². The summed E-state index contributed by atoms with van der Waals surface area (Å²) in [7, 11) is 0. The lowest BCUT2D eigenvalue weighted by atomic mass is 9.94. The fraction of sp³-hybridized carbons (Fsp3) is 0.833. The van der Waals surface area contributed by atoms with Crippen molar-refractivity contribution in [2.24, 2.45) is 11.7 Å². The lowest BCUT2D eigenvalue weighted by molar-refractivity contribution is -0.127. The van der Waals surface area contributed by atoms with Crippen LogP contribution in [0.1, 0.15) is 40.0 Å². The predicted octanol–water partition coefficient (Wildman–Crippen LogP) is 1.37. The van der Waals surface area contributed by atoms with Crippen LogP contribution in [0.4, 0.5) is 0 Å². The van der Waals surface area contributed by atoms with Crippen LogP contribution in [0, 0.1) is 5.92 Å². The number of nitrogens with two attached hydrogens (primary N) is 1. The van der Waals surface area contributed by atoms with E-state index in [1.807, 2.05) is 20.8 Å². The van der Waals surface area contributed by atoms with Gasteiger partial charge in [0.05, 0.1) is 22.5 Å². The molecule has 0 aromatic heterocycles. The van der Waals surface area contributed by atoms with E-state index in [4.69, 9.17) is 22.7 Å². The SMILES string of the molecule is CCC1OCCC1C(=O)NC(C)(CC)C(N)=S. The number of rotatable bonds is 5. The molecule has 0 aromatic carbocycles. The van der Waals surface area contributed by atoms with E-state index in [1.165, 1.54) is 0 Å². The molecule has 0 aromatic rings. The van der Waals surface area contributed by atoms with Gasteiger partial charge >= 0.3 is 0 Å². The highest BCUT2D eigenvalue weighted by Gasteiger charge is 2.36. The van der Waals surface area contributed by atoms with E-state index < -0.39 is 5.54 Å². The Morgan fingerprint density at radius 2 is 2.24 bits per heavy atom. The highest BCUT2D eigenvalue weighted by Crippen LogP contribution is 2.24. The monoisotopic (exact) mass is 258 g/mol. The zero-order valence-corrected chi connectivity index (χ0v) is 11.6. The predicted molar refractivity (Wildman–Crippen MR) is 71.8 cm³/mol. The minimum absolute atomic E-state index is 0.00602. The summed E-state index contributed by atoms with van der Waals surface area (Å²) in [5.74, 6) is -0.0632. The highest BCUT2D eigenvalue weighted by atomic mass is 32.1. The van der Waals surface area contributed by atoms with Gasteiger partial charge in [-0.3, -0.25) is 4.79 Å². The molecular weight excluding hydrogens is 236 g/mol. The average molecular weight is 258 g/mol. The van der Waals surface area contributed by atoms with E-state index in [1.54, 1.807) is 0 Å². The second kappa shape index (κ2) is 5.78. The third kappa shape index (κ3) is 3.16. The van der Waals surface area contributed by atoms with Crippen LogP contribution in [0.5, 0.6) is 0 Å². The molecule has 0 spiro atoms. The van der Waals surface area contributed by atoms with E-state index in [2.05, 4.69) is 5.32 Å². The molecule has 4 nitrogen and oxygen atoms in total. The molecule has 3 unspecified atom stereocenters. The summed E-state index contributed by atoms with van der Waals surface area (Å²) >= 11 is 5.01. The van der Waals surface area contributed by atoms with Crippen LogP contribution in [0.25, 0.3) is 0 Å². The molecule has 1 saturated heterocycles. The molecule has 3 N–H and O–H groups in total. The van der Waals surface area contributed by atoms with Gasteiger partial charge in [0.2, 0.25) is 5.91 Å². The summed E-state index contributed by atoms with van der Waals surface area (Å²) in [6, 6.07) is 0. The molecule has 1 heterocycles. The van der Waals surface area contributed by atoms with E-state index in [0.29, 0.717) is 18.0 Å². The Balaban J connectivity index is 2.68. The van der Waals surface area contributed by atoms with E-state index in [0.717, 1.165) is 12.8 Å². The zero-order chi connectivity index (χ0) is 13.1. The Labute approximate surface area is 108 Å². The van der Waals surface area contributed by atoms with Crippen LogP contribution >= 0.6 is 12.2 Å². The first kappa shape index (κ1) is 14.4. The normalized spacial score (nSPS) is 27.5. The van der Waals surface area contributed by atoms with Crippen LogP contribution in [-0.4, -0.2) is 29.1 Å². The minimum atomic E-state index is -0.590. The summed E-state index contributed by atoms with van der Waals surface area (Å²) in [5.41, 5.74) is 5.09. The Hall–Kier alpha value is -0.680. The van der Waals surface area contributed by atoms with Crippen LogP contribution in [0.15, 0.2) is 0 Å².